The molecule has 6 heteroatoms. The van der Waals surface area contributed by atoms with E-state index >= 15 is 0 Å². The number of hydrogen-bond acceptors (Lipinski definition) is 4. The molecule has 0 saturated heterocycles. The summed E-state index contributed by atoms with van der Waals surface area (Å²) < 4.78 is 0. The van der Waals surface area contributed by atoms with E-state index < -0.39 is 0 Å². The summed E-state index contributed by atoms with van der Waals surface area (Å²) in [6.45, 7) is 3.15. The van der Waals surface area contributed by atoms with Gasteiger partial charge in [0.05, 0.1) is 12.4 Å². The summed E-state index contributed by atoms with van der Waals surface area (Å²) >= 11 is 6.10. The number of hydrogen-bond donors (Lipinski definition) is 1. The number of anilines is 1. The van der Waals surface area contributed by atoms with Crippen LogP contribution in [0.15, 0.2) is 36.7 Å². The van der Waals surface area contributed by atoms with Crippen molar-refractivity contribution in [3.63, 3.8) is 0 Å². The highest BCUT2D eigenvalue weighted by Crippen LogP contribution is 2.17. The SMILES string of the molecule is CCNc1cnc(C(=O)N(C)Cc2ccccc2Cl)cn1. The lowest BCUT2D eigenvalue weighted by atomic mass is 10.2. The number of halogens is 1. The molecule has 21 heavy (non-hydrogen) atoms. The first-order valence-electron chi connectivity index (χ1n) is 6.66. The zero-order valence-corrected chi connectivity index (χ0v) is 12.8. The van der Waals surface area contributed by atoms with Crippen molar-refractivity contribution in [3.8, 4) is 0 Å². The Morgan fingerprint density at radius 3 is 2.67 bits per heavy atom. The molecule has 0 saturated carbocycles. The Hall–Kier alpha value is -2.14. The molecule has 0 spiro atoms. The standard InChI is InChI=1S/C15H17ClN4O/c1-3-17-14-9-18-13(8-19-14)15(21)20(2)10-11-6-4-5-7-12(11)16/h4-9H,3,10H2,1-2H3,(H,17,19). The molecule has 0 bridgehead atoms. The first-order chi connectivity index (χ1) is 10.1. The Balaban J connectivity index is 2.07. The van der Waals surface area contributed by atoms with E-state index in [1.807, 2.05) is 25.1 Å². The van der Waals surface area contributed by atoms with E-state index in [0.29, 0.717) is 23.1 Å². The summed E-state index contributed by atoms with van der Waals surface area (Å²) in [7, 11) is 1.71. The summed E-state index contributed by atoms with van der Waals surface area (Å²) in [5, 5.41) is 3.68. The highest BCUT2D eigenvalue weighted by atomic mass is 35.5. The van der Waals surface area contributed by atoms with Gasteiger partial charge < -0.3 is 10.2 Å². The molecule has 0 unspecified atom stereocenters. The van der Waals surface area contributed by atoms with Crippen molar-refractivity contribution in [2.24, 2.45) is 0 Å². The first-order valence-corrected chi connectivity index (χ1v) is 7.04. The fourth-order valence-electron chi connectivity index (χ4n) is 1.86. The molecule has 1 aromatic carbocycles. The van der Waals surface area contributed by atoms with Gasteiger partial charge in [-0.15, -0.1) is 0 Å². The molecular weight excluding hydrogens is 288 g/mol. The third-order valence-electron chi connectivity index (χ3n) is 2.94. The average Bonchev–Trinajstić information content (AvgIpc) is 2.50. The molecule has 0 atom stereocenters. The highest BCUT2D eigenvalue weighted by Gasteiger charge is 2.15. The van der Waals surface area contributed by atoms with Crippen LogP contribution in [0, 0.1) is 0 Å². The molecule has 0 aliphatic carbocycles. The molecule has 0 aliphatic rings. The van der Waals surface area contributed by atoms with Crippen LogP contribution >= 0.6 is 11.6 Å². The Kier molecular flexibility index (Phi) is 5.11. The Morgan fingerprint density at radius 1 is 1.29 bits per heavy atom. The minimum atomic E-state index is -0.189. The van der Waals surface area contributed by atoms with Gasteiger partial charge in [0, 0.05) is 25.2 Å². The van der Waals surface area contributed by atoms with Crippen molar-refractivity contribution in [3.05, 3.63) is 52.9 Å². The number of nitrogens with zero attached hydrogens (tertiary/aromatic N) is 3. The quantitative estimate of drug-likeness (QED) is 0.923. The van der Waals surface area contributed by atoms with Crippen LogP contribution < -0.4 is 5.32 Å². The summed E-state index contributed by atoms with van der Waals surface area (Å²) in [4.78, 5) is 22.1. The molecule has 1 amide bonds. The topological polar surface area (TPSA) is 58.1 Å². The van der Waals surface area contributed by atoms with E-state index in [2.05, 4.69) is 15.3 Å². The van der Waals surface area contributed by atoms with Crippen molar-refractivity contribution >= 4 is 23.3 Å². The summed E-state index contributed by atoms with van der Waals surface area (Å²) in [6.07, 6.45) is 3.03. The molecule has 0 fully saturated rings. The molecule has 2 aromatic rings. The molecular formula is C15H17ClN4O. The second kappa shape index (κ2) is 7.04. The van der Waals surface area contributed by atoms with Gasteiger partial charge in [0.1, 0.15) is 11.5 Å². The zero-order valence-electron chi connectivity index (χ0n) is 12.0. The normalized spacial score (nSPS) is 10.2. The maximum absolute atomic E-state index is 12.3. The van der Waals surface area contributed by atoms with Crippen LogP contribution in [0.1, 0.15) is 23.0 Å². The highest BCUT2D eigenvalue weighted by molar-refractivity contribution is 6.31. The molecule has 1 N–H and O–H groups in total. The Morgan fingerprint density at radius 2 is 2.05 bits per heavy atom. The monoisotopic (exact) mass is 304 g/mol. The van der Waals surface area contributed by atoms with Crippen LogP contribution in [0.25, 0.3) is 0 Å². The molecule has 2 rings (SSSR count). The van der Waals surface area contributed by atoms with Gasteiger partial charge in [-0.2, -0.15) is 0 Å². The molecule has 1 heterocycles. The number of carbonyl (C=O) groups excluding carboxylic acids is 1. The zero-order chi connectivity index (χ0) is 15.2. The van der Waals surface area contributed by atoms with E-state index in [0.717, 1.165) is 12.1 Å². The summed E-state index contributed by atoms with van der Waals surface area (Å²) in [6, 6.07) is 7.45. The minimum Gasteiger partial charge on any atom is -0.369 e. The number of rotatable bonds is 5. The van der Waals surface area contributed by atoms with Crippen molar-refractivity contribution in [1.29, 1.82) is 0 Å². The lowest BCUT2D eigenvalue weighted by Gasteiger charge is -2.17. The predicted molar refractivity (Wildman–Crippen MR) is 83.4 cm³/mol. The minimum absolute atomic E-state index is 0.189. The van der Waals surface area contributed by atoms with Gasteiger partial charge in [-0.3, -0.25) is 4.79 Å². The third kappa shape index (κ3) is 3.92. The van der Waals surface area contributed by atoms with Crippen LogP contribution in [-0.4, -0.2) is 34.4 Å². The van der Waals surface area contributed by atoms with Crippen molar-refractivity contribution in [2.75, 3.05) is 18.9 Å². The van der Waals surface area contributed by atoms with Gasteiger partial charge in [-0.1, -0.05) is 29.8 Å². The average molecular weight is 305 g/mol. The third-order valence-corrected chi connectivity index (χ3v) is 3.31. The summed E-state index contributed by atoms with van der Waals surface area (Å²) in [5.41, 5.74) is 1.21. The number of benzene rings is 1. The number of nitrogens with one attached hydrogen (secondary N) is 1. The van der Waals surface area contributed by atoms with Gasteiger partial charge in [-0.05, 0) is 18.6 Å². The van der Waals surface area contributed by atoms with E-state index in [9.17, 15) is 4.79 Å². The molecule has 5 nitrogen and oxygen atoms in total. The van der Waals surface area contributed by atoms with Gasteiger partial charge in [0.25, 0.3) is 5.91 Å². The second-order valence-corrected chi connectivity index (χ2v) is 4.98. The van der Waals surface area contributed by atoms with Crippen molar-refractivity contribution in [2.45, 2.75) is 13.5 Å². The van der Waals surface area contributed by atoms with Gasteiger partial charge in [0.15, 0.2) is 0 Å². The predicted octanol–water partition coefficient (Wildman–Crippen LogP) is 2.83. The summed E-state index contributed by atoms with van der Waals surface area (Å²) in [5.74, 6) is 0.466. The van der Waals surface area contributed by atoms with E-state index in [1.54, 1.807) is 24.2 Å². The first kappa shape index (κ1) is 15.3. The fraction of sp³-hybridized carbons (Fsp3) is 0.267. The van der Waals surface area contributed by atoms with Crippen molar-refractivity contribution < 1.29 is 4.79 Å². The van der Waals surface area contributed by atoms with Crippen LogP contribution in [0.2, 0.25) is 5.02 Å². The largest absolute Gasteiger partial charge is 0.369 e. The van der Waals surface area contributed by atoms with Crippen LogP contribution in [0.4, 0.5) is 5.82 Å². The Bertz CT molecular complexity index is 615. The lowest BCUT2D eigenvalue weighted by Crippen LogP contribution is -2.27. The van der Waals surface area contributed by atoms with Gasteiger partial charge in [0.2, 0.25) is 0 Å². The molecule has 0 radical (unpaired) electrons. The van der Waals surface area contributed by atoms with E-state index in [1.165, 1.54) is 6.20 Å². The molecule has 0 aliphatic heterocycles. The maximum atomic E-state index is 12.3. The smallest absolute Gasteiger partial charge is 0.274 e. The number of aromatic nitrogens is 2. The fourth-order valence-corrected chi connectivity index (χ4v) is 2.06. The van der Waals surface area contributed by atoms with Crippen LogP contribution in [0.3, 0.4) is 0 Å². The van der Waals surface area contributed by atoms with Crippen LogP contribution in [0.5, 0.6) is 0 Å². The molecule has 1 aromatic heterocycles. The molecule has 110 valence electrons. The van der Waals surface area contributed by atoms with Crippen molar-refractivity contribution in [1.82, 2.24) is 14.9 Å². The maximum Gasteiger partial charge on any atom is 0.274 e. The van der Waals surface area contributed by atoms with Gasteiger partial charge in [-0.25, -0.2) is 9.97 Å². The van der Waals surface area contributed by atoms with Gasteiger partial charge >= 0.3 is 0 Å². The second-order valence-electron chi connectivity index (χ2n) is 4.57. The Labute approximate surface area is 129 Å². The number of amides is 1. The van der Waals surface area contributed by atoms with E-state index in [-0.39, 0.29) is 5.91 Å². The lowest BCUT2D eigenvalue weighted by molar-refractivity contribution is 0.0779. The van der Waals surface area contributed by atoms with Crippen LogP contribution in [-0.2, 0) is 6.54 Å². The number of carbonyl (C=O) groups is 1. The van der Waals surface area contributed by atoms with E-state index in [4.69, 9.17) is 11.6 Å².